The summed E-state index contributed by atoms with van der Waals surface area (Å²) in [6, 6.07) is 0. The van der Waals surface area contributed by atoms with Gasteiger partial charge in [0, 0.05) is 0 Å². The third-order valence-corrected chi connectivity index (χ3v) is 1.36. The molecule has 0 unspecified atom stereocenters. The molecule has 0 N–H and O–H groups in total. The van der Waals surface area contributed by atoms with Crippen molar-refractivity contribution in [3.8, 4) is 0 Å². The Morgan fingerprint density at radius 3 is 1.79 bits per heavy atom. The number of ether oxygens (including phenoxy) is 1. The second-order valence-electron chi connectivity index (χ2n) is 2.99. The Morgan fingerprint density at radius 2 is 1.50 bits per heavy atom. The molecule has 0 aromatic rings. The third kappa shape index (κ3) is 3.04. The Morgan fingerprint density at radius 1 is 1.07 bits per heavy atom. The van der Waals surface area contributed by atoms with Gasteiger partial charge < -0.3 is 4.74 Å². The van der Waals surface area contributed by atoms with Gasteiger partial charge in [0.05, 0.1) is 6.10 Å². The topological polar surface area (TPSA) is 9.23 Å². The number of hydrogen-bond acceptors (Lipinski definition) is 1. The maximum absolute atomic E-state index is 12.5. The molecule has 1 nitrogen and oxygen atoms in total. The van der Waals surface area contributed by atoms with E-state index < -0.39 is 31.0 Å². The lowest BCUT2D eigenvalue weighted by Gasteiger charge is -2.26. The summed E-state index contributed by atoms with van der Waals surface area (Å²) in [6.45, 7) is 0.940. The standard InChI is InChI=1S/C7H10F6O/c1-4(2)14-3-6(10,11)7(12,13)5(8)9/h4-5H,3H2,1-2H3. The normalized spacial score (nSPS) is 14.1. The molecule has 0 bridgehead atoms. The largest absolute Gasteiger partial charge is 0.372 e. The van der Waals surface area contributed by atoms with Crippen LogP contribution in [0.2, 0.25) is 0 Å². The van der Waals surface area contributed by atoms with Crippen molar-refractivity contribution in [1.82, 2.24) is 0 Å². The third-order valence-electron chi connectivity index (χ3n) is 1.36. The summed E-state index contributed by atoms with van der Waals surface area (Å²) in [5.74, 6) is -10.2. The van der Waals surface area contributed by atoms with Gasteiger partial charge in [-0.3, -0.25) is 0 Å². The van der Waals surface area contributed by atoms with Gasteiger partial charge in [0.1, 0.15) is 6.61 Å². The average molecular weight is 224 g/mol. The quantitative estimate of drug-likeness (QED) is 0.652. The number of rotatable bonds is 5. The van der Waals surface area contributed by atoms with Crippen molar-refractivity contribution in [2.45, 2.75) is 38.2 Å². The molecule has 0 aromatic carbocycles. The van der Waals surface area contributed by atoms with Crippen LogP contribution in [-0.4, -0.2) is 31.0 Å². The van der Waals surface area contributed by atoms with Crippen LogP contribution in [0.25, 0.3) is 0 Å². The van der Waals surface area contributed by atoms with E-state index >= 15 is 0 Å². The summed E-state index contributed by atoms with van der Waals surface area (Å²) < 4.78 is 76.6. The minimum absolute atomic E-state index is 0.727. The predicted octanol–water partition coefficient (Wildman–Crippen LogP) is 2.95. The smallest absolute Gasteiger partial charge is 0.371 e. The second kappa shape index (κ2) is 4.37. The molecular formula is C7H10F6O. The van der Waals surface area contributed by atoms with Crippen LogP contribution in [0.3, 0.4) is 0 Å². The van der Waals surface area contributed by atoms with E-state index in [0.717, 1.165) is 0 Å². The van der Waals surface area contributed by atoms with Crippen LogP contribution in [0.4, 0.5) is 26.3 Å². The monoisotopic (exact) mass is 224 g/mol. The Labute approximate surface area is 77.0 Å². The van der Waals surface area contributed by atoms with Crippen LogP contribution in [0.15, 0.2) is 0 Å². The van der Waals surface area contributed by atoms with E-state index in [1.54, 1.807) is 0 Å². The molecule has 0 saturated carbocycles. The fourth-order valence-corrected chi connectivity index (χ4v) is 0.527. The second-order valence-corrected chi connectivity index (χ2v) is 2.99. The molecular weight excluding hydrogens is 214 g/mol. The molecule has 0 amide bonds. The average Bonchev–Trinajstić information content (AvgIpc) is 2.00. The van der Waals surface area contributed by atoms with Gasteiger partial charge in [-0.1, -0.05) is 0 Å². The Balaban J connectivity index is 4.44. The summed E-state index contributed by atoms with van der Waals surface area (Å²) in [4.78, 5) is 0. The SMILES string of the molecule is CC(C)OCC(F)(F)C(F)(F)C(F)F. The van der Waals surface area contributed by atoms with Crippen LogP contribution in [-0.2, 0) is 4.74 Å². The molecule has 0 fully saturated rings. The fourth-order valence-electron chi connectivity index (χ4n) is 0.527. The van der Waals surface area contributed by atoms with Crippen molar-refractivity contribution >= 4 is 0 Å². The minimum atomic E-state index is -5.36. The number of halogens is 6. The molecule has 0 radical (unpaired) electrons. The molecule has 0 spiro atoms. The zero-order chi connectivity index (χ0) is 11.6. The highest BCUT2D eigenvalue weighted by molar-refractivity contribution is 4.86. The van der Waals surface area contributed by atoms with Crippen molar-refractivity contribution in [1.29, 1.82) is 0 Å². The first-order valence-electron chi connectivity index (χ1n) is 3.76. The maximum Gasteiger partial charge on any atom is 0.371 e. The molecule has 0 aliphatic rings. The van der Waals surface area contributed by atoms with Crippen molar-refractivity contribution in [2.75, 3.05) is 6.61 Å². The van der Waals surface area contributed by atoms with E-state index in [4.69, 9.17) is 0 Å². The maximum atomic E-state index is 12.5. The molecule has 0 aromatic heterocycles. The van der Waals surface area contributed by atoms with Gasteiger partial charge in [-0.15, -0.1) is 0 Å². The summed E-state index contributed by atoms with van der Waals surface area (Å²) in [7, 11) is 0. The van der Waals surface area contributed by atoms with Crippen LogP contribution in [0, 0.1) is 0 Å². The van der Waals surface area contributed by atoms with E-state index in [9.17, 15) is 26.3 Å². The van der Waals surface area contributed by atoms with Crippen molar-refractivity contribution < 1.29 is 31.1 Å². The van der Waals surface area contributed by atoms with Gasteiger partial charge in [0.15, 0.2) is 0 Å². The summed E-state index contributed by atoms with van der Waals surface area (Å²) in [5.41, 5.74) is 0. The van der Waals surface area contributed by atoms with Gasteiger partial charge in [0.25, 0.3) is 0 Å². The van der Waals surface area contributed by atoms with Crippen LogP contribution in [0.1, 0.15) is 13.8 Å². The molecule has 0 aliphatic heterocycles. The lowest BCUT2D eigenvalue weighted by molar-refractivity contribution is -0.281. The molecule has 0 rings (SSSR count). The fraction of sp³-hybridized carbons (Fsp3) is 1.00. The number of hydrogen-bond donors (Lipinski definition) is 0. The molecule has 0 saturated heterocycles. The van der Waals surface area contributed by atoms with Crippen molar-refractivity contribution in [2.24, 2.45) is 0 Å². The lowest BCUT2D eigenvalue weighted by Crippen LogP contribution is -2.49. The summed E-state index contributed by atoms with van der Waals surface area (Å²) in [6.07, 6.45) is -5.14. The van der Waals surface area contributed by atoms with Gasteiger partial charge in [-0.2, -0.15) is 17.6 Å². The highest BCUT2D eigenvalue weighted by Gasteiger charge is 2.63. The zero-order valence-corrected chi connectivity index (χ0v) is 7.54. The van der Waals surface area contributed by atoms with E-state index in [1.165, 1.54) is 13.8 Å². The highest BCUT2D eigenvalue weighted by Crippen LogP contribution is 2.39. The first-order valence-corrected chi connectivity index (χ1v) is 3.76. The van der Waals surface area contributed by atoms with Crippen molar-refractivity contribution in [3.05, 3.63) is 0 Å². The van der Waals surface area contributed by atoms with Gasteiger partial charge in [0.2, 0.25) is 0 Å². The molecule has 7 heteroatoms. The van der Waals surface area contributed by atoms with Gasteiger partial charge in [-0.25, -0.2) is 8.78 Å². The number of alkyl halides is 6. The van der Waals surface area contributed by atoms with Crippen LogP contribution >= 0.6 is 0 Å². The van der Waals surface area contributed by atoms with Crippen LogP contribution in [0.5, 0.6) is 0 Å². The molecule has 14 heavy (non-hydrogen) atoms. The highest BCUT2D eigenvalue weighted by atomic mass is 19.3. The molecule has 0 heterocycles. The Kier molecular flexibility index (Phi) is 4.23. The Bertz CT molecular complexity index is 179. The van der Waals surface area contributed by atoms with Gasteiger partial charge in [-0.05, 0) is 13.8 Å². The summed E-state index contributed by atoms with van der Waals surface area (Å²) in [5, 5.41) is 0. The minimum Gasteiger partial charge on any atom is -0.372 e. The van der Waals surface area contributed by atoms with Gasteiger partial charge >= 0.3 is 18.3 Å². The Hall–Kier alpha value is -0.460. The van der Waals surface area contributed by atoms with Crippen LogP contribution < -0.4 is 0 Å². The summed E-state index contributed by atoms with van der Waals surface area (Å²) >= 11 is 0. The van der Waals surface area contributed by atoms with Crippen molar-refractivity contribution in [3.63, 3.8) is 0 Å². The van der Waals surface area contributed by atoms with E-state index in [1.807, 2.05) is 0 Å². The first-order chi connectivity index (χ1) is 6.11. The lowest BCUT2D eigenvalue weighted by atomic mass is 10.2. The first kappa shape index (κ1) is 13.5. The zero-order valence-electron chi connectivity index (χ0n) is 7.54. The van der Waals surface area contributed by atoms with E-state index in [0.29, 0.717) is 0 Å². The predicted molar refractivity (Wildman–Crippen MR) is 37.0 cm³/mol. The molecule has 0 atom stereocenters. The molecule has 86 valence electrons. The molecule has 0 aliphatic carbocycles. The van der Waals surface area contributed by atoms with E-state index in [2.05, 4.69) is 4.74 Å². The van der Waals surface area contributed by atoms with E-state index in [-0.39, 0.29) is 0 Å².